The molecule has 440 valence electrons. The zero-order valence-corrected chi connectivity index (χ0v) is 50.3. The zero-order valence-electron chi connectivity index (χ0n) is 50.3. The van der Waals surface area contributed by atoms with E-state index in [4.69, 9.17) is 4.74 Å². The fourth-order valence-electron chi connectivity index (χ4n) is 10.2. The lowest BCUT2D eigenvalue weighted by molar-refractivity contribution is -0.143. The molecule has 0 radical (unpaired) electrons. The number of ether oxygens (including phenoxy) is 1. The number of hydrogen-bond donors (Lipinski definition) is 3. The summed E-state index contributed by atoms with van der Waals surface area (Å²) in [5.74, 6) is -0.0853. The van der Waals surface area contributed by atoms with Gasteiger partial charge in [0.1, 0.15) is 0 Å². The second kappa shape index (κ2) is 64.3. The van der Waals surface area contributed by atoms with E-state index < -0.39 is 12.1 Å². The van der Waals surface area contributed by atoms with Gasteiger partial charge in [-0.2, -0.15) is 0 Å². The number of unbranched alkanes of at least 4 members (excludes halogenated alkanes) is 45. The van der Waals surface area contributed by atoms with Crippen molar-refractivity contribution in [2.24, 2.45) is 0 Å². The summed E-state index contributed by atoms with van der Waals surface area (Å²) in [5.41, 5.74) is 0. The van der Waals surface area contributed by atoms with Crippen molar-refractivity contribution in [3.63, 3.8) is 0 Å². The molecule has 0 bridgehead atoms. The standard InChI is InChI=1S/C69H129NO5/c1-3-5-7-9-11-13-15-17-19-21-22-23-24-25-26-30-33-37-41-45-49-53-57-61-67(72)66(65-71)70-68(73)62-58-54-50-46-42-38-34-31-27-28-32-36-40-44-48-52-56-60-64-75-69(74)63-59-55-51-47-43-39-35-29-20-18-16-14-12-10-8-6-4-2/h12,14,18,20,31,34,57,61,66-67,71-72H,3-11,13,15-17,19,21-30,32-33,35-56,58-60,62-65H2,1-2H3,(H,70,73)/b14-12-,20-18-,34-31-,61-57+. The van der Waals surface area contributed by atoms with Crippen molar-refractivity contribution in [2.45, 2.75) is 366 Å². The molecule has 6 nitrogen and oxygen atoms in total. The van der Waals surface area contributed by atoms with E-state index in [0.29, 0.717) is 19.4 Å². The van der Waals surface area contributed by atoms with Crippen LogP contribution in [0.25, 0.3) is 0 Å². The number of carbonyl (C=O) groups excluding carboxylic acids is 2. The van der Waals surface area contributed by atoms with Crippen molar-refractivity contribution in [1.82, 2.24) is 5.32 Å². The van der Waals surface area contributed by atoms with E-state index in [0.717, 1.165) is 70.6 Å². The molecule has 0 aromatic carbocycles. The Balaban J connectivity index is 3.48. The SMILES string of the molecule is CCCCC/C=C\C/C=C\CCCCCCCCCC(=O)OCCCCCCCCCCC/C=C\CCCCCCCC(=O)NC(CO)C(O)/C=C/CCCCCCCCCCCCCCCCCCCCCCC. The minimum absolute atomic E-state index is 0.00541. The van der Waals surface area contributed by atoms with Gasteiger partial charge in [0.25, 0.3) is 0 Å². The lowest BCUT2D eigenvalue weighted by Crippen LogP contribution is -2.45. The summed E-state index contributed by atoms with van der Waals surface area (Å²) in [7, 11) is 0. The van der Waals surface area contributed by atoms with E-state index in [9.17, 15) is 19.8 Å². The molecule has 0 aliphatic rings. The number of hydrogen-bond acceptors (Lipinski definition) is 5. The van der Waals surface area contributed by atoms with Crippen molar-refractivity contribution in [3.05, 3.63) is 48.6 Å². The van der Waals surface area contributed by atoms with Gasteiger partial charge in [0, 0.05) is 12.8 Å². The first kappa shape index (κ1) is 72.8. The van der Waals surface area contributed by atoms with Gasteiger partial charge in [0.2, 0.25) is 5.91 Å². The van der Waals surface area contributed by atoms with Crippen molar-refractivity contribution < 1.29 is 24.5 Å². The maximum absolute atomic E-state index is 12.5. The molecule has 0 aliphatic heterocycles. The molecule has 0 aliphatic carbocycles. The lowest BCUT2D eigenvalue weighted by atomic mass is 10.0. The normalized spacial score (nSPS) is 12.9. The third-order valence-electron chi connectivity index (χ3n) is 15.3. The monoisotopic (exact) mass is 1050 g/mol. The molecule has 2 unspecified atom stereocenters. The molecular weight excluding hydrogens is 923 g/mol. The second-order valence-corrected chi connectivity index (χ2v) is 22.8. The summed E-state index contributed by atoms with van der Waals surface area (Å²) < 4.78 is 5.49. The van der Waals surface area contributed by atoms with Gasteiger partial charge in [0.15, 0.2) is 0 Å². The molecule has 1 amide bonds. The Hall–Kier alpha value is -2.18. The molecule has 6 heteroatoms. The van der Waals surface area contributed by atoms with Crippen LogP contribution in [0.3, 0.4) is 0 Å². The van der Waals surface area contributed by atoms with Gasteiger partial charge < -0.3 is 20.3 Å². The van der Waals surface area contributed by atoms with E-state index in [1.807, 2.05) is 6.08 Å². The van der Waals surface area contributed by atoms with Crippen LogP contribution in [0.2, 0.25) is 0 Å². The van der Waals surface area contributed by atoms with Crippen molar-refractivity contribution in [3.8, 4) is 0 Å². The summed E-state index contributed by atoms with van der Waals surface area (Å²) in [4.78, 5) is 24.6. The van der Waals surface area contributed by atoms with Crippen LogP contribution >= 0.6 is 0 Å². The van der Waals surface area contributed by atoms with Crippen LogP contribution in [0.1, 0.15) is 354 Å². The summed E-state index contributed by atoms with van der Waals surface area (Å²) in [6.45, 7) is 4.88. The molecule has 3 N–H and O–H groups in total. The average Bonchev–Trinajstić information content (AvgIpc) is 3.41. The van der Waals surface area contributed by atoms with Crippen molar-refractivity contribution in [1.29, 1.82) is 0 Å². The van der Waals surface area contributed by atoms with Gasteiger partial charge in [-0.15, -0.1) is 0 Å². The van der Waals surface area contributed by atoms with E-state index in [-0.39, 0.29) is 18.5 Å². The Bertz CT molecular complexity index is 1260. The number of rotatable bonds is 62. The van der Waals surface area contributed by atoms with E-state index in [2.05, 4.69) is 55.6 Å². The zero-order chi connectivity index (χ0) is 54.3. The molecular formula is C69H129NO5. The van der Waals surface area contributed by atoms with Crippen LogP contribution in [0.4, 0.5) is 0 Å². The highest BCUT2D eigenvalue weighted by atomic mass is 16.5. The molecule has 0 saturated heterocycles. The van der Waals surface area contributed by atoms with Crippen molar-refractivity contribution >= 4 is 11.9 Å². The Morgan fingerprint density at radius 2 is 0.667 bits per heavy atom. The molecule has 0 aromatic rings. The van der Waals surface area contributed by atoms with E-state index >= 15 is 0 Å². The fraction of sp³-hybridized carbons (Fsp3) is 0.855. The van der Waals surface area contributed by atoms with Gasteiger partial charge >= 0.3 is 5.97 Å². The highest BCUT2D eigenvalue weighted by molar-refractivity contribution is 5.76. The third kappa shape index (κ3) is 60.9. The van der Waals surface area contributed by atoms with Gasteiger partial charge in [-0.25, -0.2) is 0 Å². The van der Waals surface area contributed by atoms with Crippen LogP contribution in [-0.4, -0.2) is 47.4 Å². The quantitative estimate of drug-likeness (QED) is 0.0320. The largest absolute Gasteiger partial charge is 0.466 e. The molecule has 0 rings (SSSR count). The fourth-order valence-corrected chi connectivity index (χ4v) is 10.2. The maximum Gasteiger partial charge on any atom is 0.305 e. The molecule has 0 saturated carbocycles. The van der Waals surface area contributed by atoms with Gasteiger partial charge in [-0.1, -0.05) is 300 Å². The molecule has 2 atom stereocenters. The van der Waals surface area contributed by atoms with Crippen molar-refractivity contribution in [2.75, 3.05) is 13.2 Å². The third-order valence-corrected chi connectivity index (χ3v) is 15.3. The number of nitrogens with one attached hydrogen (secondary N) is 1. The number of allylic oxidation sites excluding steroid dienone is 7. The number of carbonyl (C=O) groups is 2. The van der Waals surface area contributed by atoms with E-state index in [1.165, 1.54) is 257 Å². The van der Waals surface area contributed by atoms with E-state index in [1.54, 1.807) is 6.08 Å². The van der Waals surface area contributed by atoms with Gasteiger partial charge in [-0.05, 0) is 89.9 Å². The average molecular weight is 1050 g/mol. The molecule has 0 fully saturated rings. The molecule has 0 aromatic heterocycles. The Labute approximate surface area is 467 Å². The number of aliphatic hydroxyl groups is 2. The smallest absolute Gasteiger partial charge is 0.305 e. The lowest BCUT2D eigenvalue weighted by Gasteiger charge is -2.20. The van der Waals surface area contributed by atoms with Crippen LogP contribution in [0, 0.1) is 0 Å². The highest BCUT2D eigenvalue weighted by Gasteiger charge is 2.18. The minimum Gasteiger partial charge on any atom is -0.466 e. The number of amides is 1. The summed E-state index contributed by atoms with van der Waals surface area (Å²) in [6.07, 6.45) is 83.0. The first-order valence-electron chi connectivity index (χ1n) is 33.4. The predicted molar refractivity (Wildman–Crippen MR) is 329 cm³/mol. The Morgan fingerprint density at radius 1 is 0.373 bits per heavy atom. The first-order valence-corrected chi connectivity index (χ1v) is 33.4. The summed E-state index contributed by atoms with van der Waals surface area (Å²) in [5, 5.41) is 23.2. The number of aliphatic hydroxyl groups excluding tert-OH is 2. The Morgan fingerprint density at radius 3 is 1.05 bits per heavy atom. The van der Waals surface area contributed by atoms with Gasteiger partial charge in [-0.3, -0.25) is 9.59 Å². The van der Waals surface area contributed by atoms with Gasteiger partial charge in [0.05, 0.1) is 25.4 Å². The van der Waals surface area contributed by atoms with Crippen LogP contribution in [0.5, 0.6) is 0 Å². The highest BCUT2D eigenvalue weighted by Crippen LogP contribution is 2.17. The summed E-state index contributed by atoms with van der Waals surface area (Å²) >= 11 is 0. The number of esters is 1. The topological polar surface area (TPSA) is 95.9 Å². The second-order valence-electron chi connectivity index (χ2n) is 22.8. The Kier molecular flexibility index (Phi) is 62.5. The molecule has 0 heterocycles. The molecule has 75 heavy (non-hydrogen) atoms. The van der Waals surface area contributed by atoms with Crippen LogP contribution in [-0.2, 0) is 14.3 Å². The predicted octanol–water partition coefficient (Wildman–Crippen LogP) is 21.3. The maximum atomic E-state index is 12.5. The first-order chi connectivity index (χ1) is 37.0. The van der Waals surface area contributed by atoms with Crippen LogP contribution in [0.15, 0.2) is 48.6 Å². The summed E-state index contributed by atoms with van der Waals surface area (Å²) in [6, 6.07) is -0.641. The van der Waals surface area contributed by atoms with Crippen LogP contribution < -0.4 is 5.32 Å². The minimum atomic E-state index is -0.856. The molecule has 0 spiro atoms.